The number of aliphatic carboxylic acids is 1. The lowest BCUT2D eigenvalue weighted by Gasteiger charge is -2.16. The number of carboxylic acid groups (broad SMARTS) is 1. The molecule has 0 spiro atoms. The third kappa shape index (κ3) is 3.43. The number of aliphatic hydroxyl groups excluding tert-OH is 1. The van der Waals surface area contributed by atoms with E-state index in [9.17, 15) is 14.7 Å². The summed E-state index contributed by atoms with van der Waals surface area (Å²) in [7, 11) is 1.47. The first-order chi connectivity index (χ1) is 7.95. The molecule has 1 aromatic heterocycles. The maximum Gasteiger partial charge on any atom is 0.328 e. The highest BCUT2D eigenvalue weighted by atomic mass is 32.1. The monoisotopic (exact) mass is 259 g/mol. The van der Waals surface area contributed by atoms with Crippen molar-refractivity contribution in [2.45, 2.75) is 19.1 Å². The molecule has 6 nitrogen and oxygen atoms in total. The van der Waals surface area contributed by atoms with Crippen LogP contribution >= 0.6 is 11.3 Å². The molecule has 7 heteroatoms. The molecule has 0 radical (unpaired) electrons. The van der Waals surface area contributed by atoms with Crippen molar-refractivity contribution in [3.8, 4) is 5.75 Å². The van der Waals surface area contributed by atoms with Gasteiger partial charge in [-0.2, -0.15) is 0 Å². The molecule has 0 aliphatic rings. The number of methoxy groups -OCH3 is 1. The summed E-state index contributed by atoms with van der Waals surface area (Å²) >= 11 is 1.14. The van der Waals surface area contributed by atoms with Gasteiger partial charge in [-0.05, 0) is 6.92 Å². The van der Waals surface area contributed by atoms with Crippen LogP contribution in [0.25, 0.3) is 0 Å². The van der Waals surface area contributed by atoms with Gasteiger partial charge in [-0.15, -0.1) is 11.3 Å². The second-order valence-corrected chi connectivity index (χ2v) is 4.29. The van der Waals surface area contributed by atoms with Crippen molar-refractivity contribution < 1.29 is 24.5 Å². The molecule has 94 valence electrons. The highest BCUT2D eigenvalue weighted by Gasteiger charge is 2.25. The van der Waals surface area contributed by atoms with Gasteiger partial charge in [-0.25, -0.2) is 4.79 Å². The lowest BCUT2D eigenvalue weighted by atomic mass is 10.2. The van der Waals surface area contributed by atoms with E-state index in [1.54, 1.807) is 5.38 Å². The van der Waals surface area contributed by atoms with Crippen LogP contribution in [0.15, 0.2) is 11.4 Å². The minimum atomic E-state index is -1.32. The Bertz CT molecular complexity index is 415. The fourth-order valence-corrected chi connectivity index (χ4v) is 1.90. The number of hydrogen-bond donors (Lipinski definition) is 3. The zero-order valence-corrected chi connectivity index (χ0v) is 10.2. The van der Waals surface area contributed by atoms with E-state index in [2.05, 4.69) is 5.32 Å². The Morgan fingerprint density at radius 1 is 1.53 bits per heavy atom. The molecule has 0 bridgehead atoms. The summed E-state index contributed by atoms with van der Waals surface area (Å²) in [6, 6.07) is 0.177. The standard InChI is InChI=1S/C10H13NO5S/c1-5(12)8(10(14)15)11-9(13)7-3-6(16-2)4-17-7/h3-5,8,12H,1-2H3,(H,11,13)(H,14,15). The molecule has 1 rings (SSSR count). The van der Waals surface area contributed by atoms with Gasteiger partial charge in [0, 0.05) is 11.4 Å². The number of rotatable bonds is 5. The number of carboxylic acids is 1. The first-order valence-corrected chi connectivity index (χ1v) is 5.68. The number of hydrogen-bond acceptors (Lipinski definition) is 5. The van der Waals surface area contributed by atoms with E-state index in [1.807, 2.05) is 0 Å². The fraction of sp³-hybridized carbons (Fsp3) is 0.400. The largest absolute Gasteiger partial charge is 0.496 e. The highest BCUT2D eigenvalue weighted by Crippen LogP contribution is 2.21. The highest BCUT2D eigenvalue weighted by molar-refractivity contribution is 7.12. The van der Waals surface area contributed by atoms with Crippen molar-refractivity contribution in [3.05, 3.63) is 16.3 Å². The summed E-state index contributed by atoms with van der Waals surface area (Å²) in [5.41, 5.74) is 0. The van der Waals surface area contributed by atoms with Gasteiger partial charge in [-0.1, -0.05) is 0 Å². The lowest BCUT2D eigenvalue weighted by molar-refractivity contribution is -0.141. The van der Waals surface area contributed by atoms with Gasteiger partial charge >= 0.3 is 5.97 Å². The van der Waals surface area contributed by atoms with E-state index in [1.165, 1.54) is 20.1 Å². The summed E-state index contributed by atoms with van der Waals surface area (Å²) < 4.78 is 4.91. The van der Waals surface area contributed by atoms with E-state index < -0.39 is 24.0 Å². The molecular formula is C10H13NO5S. The van der Waals surface area contributed by atoms with Gasteiger partial charge in [0.25, 0.3) is 5.91 Å². The quantitative estimate of drug-likeness (QED) is 0.707. The van der Waals surface area contributed by atoms with E-state index in [-0.39, 0.29) is 0 Å². The normalized spacial score (nSPS) is 13.8. The van der Waals surface area contributed by atoms with Gasteiger partial charge < -0.3 is 20.3 Å². The molecule has 1 heterocycles. The minimum absolute atomic E-state index is 0.328. The fourth-order valence-electron chi connectivity index (χ4n) is 1.15. The van der Waals surface area contributed by atoms with E-state index in [0.717, 1.165) is 11.3 Å². The third-order valence-corrected chi connectivity index (χ3v) is 2.98. The molecule has 17 heavy (non-hydrogen) atoms. The molecule has 0 fully saturated rings. The van der Waals surface area contributed by atoms with Crippen LogP contribution in [-0.2, 0) is 4.79 Å². The van der Waals surface area contributed by atoms with Crippen LogP contribution in [0, 0.1) is 0 Å². The summed E-state index contributed by atoms with van der Waals surface area (Å²) in [6.07, 6.45) is -1.17. The van der Waals surface area contributed by atoms with Crippen molar-refractivity contribution in [1.29, 1.82) is 0 Å². The van der Waals surface area contributed by atoms with Gasteiger partial charge in [0.15, 0.2) is 6.04 Å². The van der Waals surface area contributed by atoms with Crippen molar-refractivity contribution in [1.82, 2.24) is 5.32 Å². The average Bonchev–Trinajstić information content (AvgIpc) is 2.73. The molecule has 1 aromatic rings. The second-order valence-electron chi connectivity index (χ2n) is 3.38. The number of carbonyl (C=O) groups excluding carboxylic acids is 1. The predicted octanol–water partition coefficient (Wildman–Crippen LogP) is 0.320. The molecule has 0 aliphatic carbocycles. The Morgan fingerprint density at radius 2 is 2.18 bits per heavy atom. The Morgan fingerprint density at radius 3 is 2.59 bits per heavy atom. The van der Waals surface area contributed by atoms with Crippen molar-refractivity contribution >= 4 is 23.2 Å². The molecule has 0 saturated carbocycles. The Kier molecular flexibility index (Phi) is 4.47. The van der Waals surface area contributed by atoms with Crippen LogP contribution in [-0.4, -0.2) is 41.3 Å². The zero-order valence-electron chi connectivity index (χ0n) is 9.34. The van der Waals surface area contributed by atoms with E-state index in [0.29, 0.717) is 10.6 Å². The SMILES string of the molecule is COc1csc(C(=O)NC(C(=O)O)C(C)O)c1. The van der Waals surface area contributed by atoms with Crippen LogP contribution < -0.4 is 10.1 Å². The van der Waals surface area contributed by atoms with Crippen LogP contribution in [0.4, 0.5) is 0 Å². The second kappa shape index (κ2) is 5.65. The molecular weight excluding hydrogens is 246 g/mol. The summed E-state index contributed by atoms with van der Waals surface area (Å²) in [6.45, 7) is 1.30. The van der Waals surface area contributed by atoms with Crippen LogP contribution in [0.3, 0.4) is 0 Å². The Balaban J connectivity index is 2.73. The topological polar surface area (TPSA) is 95.9 Å². The molecule has 0 saturated heterocycles. The van der Waals surface area contributed by atoms with Gasteiger partial charge in [0.05, 0.1) is 18.1 Å². The maximum absolute atomic E-state index is 11.7. The van der Waals surface area contributed by atoms with Gasteiger partial charge in [0.1, 0.15) is 5.75 Å². The molecule has 2 atom stereocenters. The number of thiophene rings is 1. The van der Waals surface area contributed by atoms with Crippen molar-refractivity contribution in [2.75, 3.05) is 7.11 Å². The first kappa shape index (κ1) is 13.5. The van der Waals surface area contributed by atoms with E-state index >= 15 is 0 Å². The van der Waals surface area contributed by atoms with Gasteiger partial charge in [0.2, 0.25) is 0 Å². The van der Waals surface area contributed by atoms with E-state index in [4.69, 9.17) is 9.84 Å². The number of nitrogens with one attached hydrogen (secondary N) is 1. The number of ether oxygens (including phenoxy) is 1. The predicted molar refractivity (Wildman–Crippen MR) is 61.4 cm³/mol. The van der Waals surface area contributed by atoms with Crippen molar-refractivity contribution in [3.63, 3.8) is 0 Å². The molecule has 0 aromatic carbocycles. The molecule has 2 unspecified atom stereocenters. The summed E-state index contributed by atoms with van der Waals surface area (Å²) in [4.78, 5) is 22.8. The number of amides is 1. The molecule has 3 N–H and O–H groups in total. The summed E-state index contributed by atoms with van der Waals surface area (Å²) in [5, 5.41) is 21.9. The minimum Gasteiger partial charge on any atom is -0.496 e. The molecule has 1 amide bonds. The molecule has 0 aliphatic heterocycles. The smallest absolute Gasteiger partial charge is 0.328 e. The number of carbonyl (C=O) groups is 2. The Hall–Kier alpha value is -1.60. The summed E-state index contributed by atoms with van der Waals surface area (Å²) in [5.74, 6) is -1.30. The van der Waals surface area contributed by atoms with Crippen molar-refractivity contribution in [2.24, 2.45) is 0 Å². The average molecular weight is 259 g/mol. The zero-order chi connectivity index (χ0) is 13.0. The van der Waals surface area contributed by atoms with Crippen LogP contribution in [0.1, 0.15) is 16.6 Å². The third-order valence-electron chi connectivity index (χ3n) is 2.07. The van der Waals surface area contributed by atoms with Gasteiger partial charge in [-0.3, -0.25) is 4.79 Å². The number of aliphatic hydroxyl groups is 1. The Labute approximate surface area is 102 Å². The maximum atomic E-state index is 11.7. The van der Waals surface area contributed by atoms with Crippen LogP contribution in [0.5, 0.6) is 5.75 Å². The van der Waals surface area contributed by atoms with Crippen LogP contribution in [0.2, 0.25) is 0 Å². The first-order valence-electron chi connectivity index (χ1n) is 4.80. The lowest BCUT2D eigenvalue weighted by Crippen LogP contribution is -2.47.